The van der Waals surface area contributed by atoms with E-state index in [1.165, 1.54) is 19.2 Å². The Morgan fingerprint density at radius 1 is 0.941 bits per heavy atom. The second kappa shape index (κ2) is 9.26. The molecule has 3 aromatic carbocycles. The van der Waals surface area contributed by atoms with Gasteiger partial charge in [0.2, 0.25) is 0 Å². The van der Waals surface area contributed by atoms with Gasteiger partial charge in [0, 0.05) is 11.3 Å². The number of nitrogens with zero attached hydrogens (tertiary/aromatic N) is 3. The molecule has 0 saturated carbocycles. The average Bonchev–Trinajstić information content (AvgIpc) is 3.33. The number of aromatic nitrogens is 3. The highest BCUT2D eigenvalue weighted by atomic mass is 19.4. The molecular formula is C24H19F3N4O3. The maximum absolute atomic E-state index is 13.2. The van der Waals surface area contributed by atoms with E-state index >= 15 is 0 Å². The molecule has 4 rings (SSSR count). The molecule has 1 heterocycles. The summed E-state index contributed by atoms with van der Waals surface area (Å²) < 4.78 is 51.9. The SMILES string of the molecule is COc1ccc(-c2cnnn2-c2ccc(NC(=O)c3ccccc3C(F)(F)F)cc2)cc1OC. The molecule has 1 N–H and O–H groups in total. The molecule has 0 aliphatic heterocycles. The van der Waals surface area contributed by atoms with E-state index in [9.17, 15) is 18.0 Å². The van der Waals surface area contributed by atoms with Gasteiger partial charge in [-0.05, 0) is 54.6 Å². The van der Waals surface area contributed by atoms with E-state index < -0.39 is 23.2 Å². The highest BCUT2D eigenvalue weighted by Gasteiger charge is 2.34. The minimum atomic E-state index is -4.63. The van der Waals surface area contributed by atoms with Crippen LogP contribution in [0.1, 0.15) is 15.9 Å². The van der Waals surface area contributed by atoms with Gasteiger partial charge >= 0.3 is 6.18 Å². The van der Waals surface area contributed by atoms with Crippen LogP contribution in [0.3, 0.4) is 0 Å². The summed E-state index contributed by atoms with van der Waals surface area (Å²) >= 11 is 0. The van der Waals surface area contributed by atoms with Gasteiger partial charge in [0.05, 0.1) is 42.9 Å². The molecule has 174 valence electrons. The maximum atomic E-state index is 13.2. The summed E-state index contributed by atoms with van der Waals surface area (Å²) in [5.41, 5.74) is 0.979. The summed E-state index contributed by atoms with van der Waals surface area (Å²) in [6.07, 6.45) is -3.05. The van der Waals surface area contributed by atoms with Crippen molar-refractivity contribution in [2.45, 2.75) is 6.18 Å². The Bertz CT molecular complexity index is 1320. The fraction of sp³-hybridized carbons (Fsp3) is 0.125. The van der Waals surface area contributed by atoms with Crippen LogP contribution in [0.15, 0.2) is 72.9 Å². The van der Waals surface area contributed by atoms with E-state index in [2.05, 4.69) is 15.6 Å². The number of ether oxygens (including phenoxy) is 2. The van der Waals surface area contributed by atoms with Crippen molar-refractivity contribution in [1.82, 2.24) is 15.0 Å². The van der Waals surface area contributed by atoms with Crippen LogP contribution in [-0.2, 0) is 6.18 Å². The van der Waals surface area contributed by atoms with Crippen molar-refractivity contribution < 1.29 is 27.4 Å². The Hall–Kier alpha value is -4.34. The van der Waals surface area contributed by atoms with Crippen LogP contribution in [0.5, 0.6) is 11.5 Å². The van der Waals surface area contributed by atoms with Crippen LogP contribution < -0.4 is 14.8 Å². The molecule has 4 aromatic rings. The van der Waals surface area contributed by atoms with Gasteiger partial charge in [-0.25, -0.2) is 4.68 Å². The summed E-state index contributed by atoms with van der Waals surface area (Å²) in [5, 5.41) is 10.6. The Morgan fingerprint density at radius 3 is 2.32 bits per heavy atom. The van der Waals surface area contributed by atoms with E-state index in [0.717, 1.165) is 17.7 Å². The molecular weight excluding hydrogens is 449 g/mol. The first-order chi connectivity index (χ1) is 16.3. The first-order valence-corrected chi connectivity index (χ1v) is 10.0. The summed E-state index contributed by atoms with van der Waals surface area (Å²) in [4.78, 5) is 12.5. The number of nitrogens with one attached hydrogen (secondary N) is 1. The predicted molar refractivity (Wildman–Crippen MR) is 119 cm³/mol. The lowest BCUT2D eigenvalue weighted by Crippen LogP contribution is -2.18. The van der Waals surface area contributed by atoms with Gasteiger partial charge < -0.3 is 14.8 Å². The Morgan fingerprint density at radius 2 is 1.65 bits per heavy atom. The number of hydrogen-bond donors (Lipinski definition) is 1. The molecule has 0 atom stereocenters. The fourth-order valence-corrected chi connectivity index (χ4v) is 3.43. The molecule has 34 heavy (non-hydrogen) atoms. The van der Waals surface area contributed by atoms with Crippen molar-refractivity contribution in [3.8, 4) is 28.4 Å². The highest BCUT2D eigenvalue weighted by molar-refractivity contribution is 6.05. The third-order valence-electron chi connectivity index (χ3n) is 5.08. The van der Waals surface area contributed by atoms with Crippen LogP contribution in [0.25, 0.3) is 16.9 Å². The van der Waals surface area contributed by atoms with Gasteiger partial charge in [0.1, 0.15) is 0 Å². The minimum Gasteiger partial charge on any atom is -0.493 e. The highest BCUT2D eigenvalue weighted by Crippen LogP contribution is 2.34. The quantitative estimate of drug-likeness (QED) is 0.420. The second-order valence-corrected chi connectivity index (χ2v) is 7.15. The first-order valence-electron chi connectivity index (χ1n) is 10.0. The number of amides is 1. The molecule has 0 radical (unpaired) electrons. The van der Waals surface area contributed by atoms with Crippen LogP contribution >= 0.6 is 0 Å². The molecule has 0 unspecified atom stereocenters. The molecule has 0 aliphatic carbocycles. The number of benzene rings is 3. The number of carbonyl (C=O) groups excluding carboxylic acids is 1. The van der Waals surface area contributed by atoms with Gasteiger partial charge in [-0.1, -0.05) is 17.3 Å². The lowest BCUT2D eigenvalue weighted by molar-refractivity contribution is -0.137. The normalized spacial score (nSPS) is 11.2. The van der Waals surface area contributed by atoms with E-state index in [-0.39, 0.29) is 0 Å². The molecule has 0 saturated heterocycles. The molecule has 7 nitrogen and oxygen atoms in total. The smallest absolute Gasteiger partial charge is 0.417 e. The molecule has 1 aromatic heterocycles. The van der Waals surface area contributed by atoms with Gasteiger partial charge in [-0.15, -0.1) is 5.10 Å². The van der Waals surface area contributed by atoms with Crippen LogP contribution in [0.4, 0.5) is 18.9 Å². The maximum Gasteiger partial charge on any atom is 0.417 e. The number of methoxy groups -OCH3 is 2. The van der Waals surface area contributed by atoms with Crippen molar-refractivity contribution in [3.63, 3.8) is 0 Å². The van der Waals surface area contributed by atoms with Crippen molar-refractivity contribution in [3.05, 3.63) is 84.1 Å². The van der Waals surface area contributed by atoms with Crippen molar-refractivity contribution in [2.75, 3.05) is 19.5 Å². The summed E-state index contributed by atoms with van der Waals surface area (Å²) in [6, 6.07) is 16.5. The van der Waals surface area contributed by atoms with Gasteiger partial charge in [0.25, 0.3) is 5.91 Å². The molecule has 1 amide bonds. The van der Waals surface area contributed by atoms with Gasteiger partial charge in [-0.3, -0.25) is 4.79 Å². The number of anilines is 1. The zero-order valence-corrected chi connectivity index (χ0v) is 18.1. The molecule has 0 spiro atoms. The van der Waals surface area contributed by atoms with E-state index in [4.69, 9.17) is 9.47 Å². The fourth-order valence-electron chi connectivity index (χ4n) is 3.43. The number of carbonyl (C=O) groups is 1. The van der Waals surface area contributed by atoms with E-state index in [1.807, 2.05) is 6.07 Å². The van der Waals surface area contributed by atoms with Crippen molar-refractivity contribution in [1.29, 1.82) is 0 Å². The Balaban J connectivity index is 1.58. The number of alkyl halides is 3. The molecule has 0 aliphatic rings. The Kier molecular flexibility index (Phi) is 6.22. The largest absolute Gasteiger partial charge is 0.493 e. The standard InChI is InChI=1S/C24H19F3N4O3/c1-33-21-12-7-15(13-22(21)34-2)20-14-28-30-31(20)17-10-8-16(9-11-17)29-23(32)18-5-3-4-6-19(18)24(25,26)27/h3-14H,1-2H3,(H,29,32). The number of hydrogen-bond acceptors (Lipinski definition) is 5. The first kappa shape index (κ1) is 22.8. The number of rotatable bonds is 6. The number of halogens is 3. The minimum absolute atomic E-state index is 0.332. The summed E-state index contributed by atoms with van der Waals surface area (Å²) in [5.74, 6) is 0.273. The molecule has 10 heteroatoms. The average molecular weight is 468 g/mol. The van der Waals surface area contributed by atoms with Gasteiger partial charge in [-0.2, -0.15) is 13.2 Å². The molecule has 0 bridgehead atoms. The third-order valence-corrected chi connectivity index (χ3v) is 5.08. The zero-order chi connectivity index (χ0) is 24.3. The lowest BCUT2D eigenvalue weighted by atomic mass is 10.1. The van der Waals surface area contributed by atoms with Crippen molar-refractivity contribution >= 4 is 11.6 Å². The van der Waals surface area contributed by atoms with Crippen LogP contribution in [0, 0.1) is 0 Å². The van der Waals surface area contributed by atoms with E-state index in [1.54, 1.807) is 54.4 Å². The lowest BCUT2D eigenvalue weighted by Gasteiger charge is -2.13. The Labute approximate surface area is 192 Å². The summed E-state index contributed by atoms with van der Waals surface area (Å²) in [6.45, 7) is 0. The van der Waals surface area contributed by atoms with Crippen LogP contribution in [0.2, 0.25) is 0 Å². The predicted octanol–water partition coefficient (Wildman–Crippen LogP) is 5.22. The third kappa shape index (κ3) is 4.56. The van der Waals surface area contributed by atoms with Gasteiger partial charge in [0.15, 0.2) is 11.5 Å². The molecule has 0 fully saturated rings. The van der Waals surface area contributed by atoms with E-state index in [0.29, 0.717) is 28.6 Å². The van der Waals surface area contributed by atoms with Crippen molar-refractivity contribution in [2.24, 2.45) is 0 Å². The second-order valence-electron chi connectivity index (χ2n) is 7.15. The topological polar surface area (TPSA) is 78.3 Å². The zero-order valence-electron chi connectivity index (χ0n) is 18.1. The monoisotopic (exact) mass is 468 g/mol. The van der Waals surface area contributed by atoms with Crippen LogP contribution in [-0.4, -0.2) is 35.1 Å². The summed E-state index contributed by atoms with van der Waals surface area (Å²) in [7, 11) is 3.09.